The standard InChI is InChI=1S/C18H29ClN2O2/c1-3-15-13-20(9-10-21(15)11-12-23-4-2)14-18(22)16-7-5-6-8-17(16)19/h5-8,15,18,22H,3-4,9-14H2,1-2H3/t15-,18-/m1/s1. The van der Waals surface area contributed by atoms with E-state index < -0.39 is 6.10 Å². The molecular formula is C18H29ClN2O2. The topological polar surface area (TPSA) is 35.9 Å². The molecule has 0 spiro atoms. The van der Waals surface area contributed by atoms with Gasteiger partial charge in [-0.3, -0.25) is 9.80 Å². The maximum atomic E-state index is 10.5. The van der Waals surface area contributed by atoms with Crippen LogP contribution in [0.3, 0.4) is 0 Å². The first-order valence-electron chi connectivity index (χ1n) is 8.62. The van der Waals surface area contributed by atoms with Crippen molar-refractivity contribution in [1.29, 1.82) is 0 Å². The van der Waals surface area contributed by atoms with Gasteiger partial charge in [0.1, 0.15) is 0 Å². The SMILES string of the molecule is CCOCCN1CCN(C[C@@H](O)c2ccccc2Cl)C[C@H]1CC. The highest BCUT2D eigenvalue weighted by molar-refractivity contribution is 6.31. The quantitative estimate of drug-likeness (QED) is 0.738. The van der Waals surface area contributed by atoms with Gasteiger partial charge in [0.2, 0.25) is 0 Å². The number of hydrogen-bond donors (Lipinski definition) is 1. The van der Waals surface area contributed by atoms with Crippen molar-refractivity contribution in [2.45, 2.75) is 32.4 Å². The Morgan fingerprint density at radius 2 is 2.09 bits per heavy atom. The van der Waals surface area contributed by atoms with Gasteiger partial charge in [-0.2, -0.15) is 0 Å². The van der Waals surface area contributed by atoms with Crippen LogP contribution >= 0.6 is 11.6 Å². The summed E-state index contributed by atoms with van der Waals surface area (Å²) in [6, 6.07) is 8.08. The van der Waals surface area contributed by atoms with Crippen LogP contribution in [0.2, 0.25) is 5.02 Å². The van der Waals surface area contributed by atoms with E-state index in [-0.39, 0.29) is 0 Å². The number of β-amino-alcohol motifs (C(OH)–C–C–N with tert-alkyl or cyclic N) is 1. The number of rotatable bonds is 8. The number of aliphatic hydroxyl groups is 1. The van der Waals surface area contributed by atoms with Crippen LogP contribution in [-0.2, 0) is 4.74 Å². The Labute approximate surface area is 145 Å². The van der Waals surface area contributed by atoms with Crippen LogP contribution in [0.25, 0.3) is 0 Å². The van der Waals surface area contributed by atoms with Gasteiger partial charge in [0.25, 0.3) is 0 Å². The second-order valence-corrected chi connectivity index (χ2v) is 6.50. The smallest absolute Gasteiger partial charge is 0.0931 e. The van der Waals surface area contributed by atoms with E-state index in [1.807, 2.05) is 31.2 Å². The van der Waals surface area contributed by atoms with Gasteiger partial charge >= 0.3 is 0 Å². The monoisotopic (exact) mass is 340 g/mol. The van der Waals surface area contributed by atoms with Crippen molar-refractivity contribution in [3.8, 4) is 0 Å². The summed E-state index contributed by atoms with van der Waals surface area (Å²) in [6.45, 7) is 10.5. The van der Waals surface area contributed by atoms with Crippen LogP contribution in [0.4, 0.5) is 0 Å². The Morgan fingerprint density at radius 3 is 2.78 bits per heavy atom. The molecule has 1 aromatic carbocycles. The normalized spacial score (nSPS) is 21.5. The first-order chi connectivity index (χ1) is 11.2. The third kappa shape index (κ3) is 5.44. The van der Waals surface area contributed by atoms with Gasteiger partial charge in [-0.15, -0.1) is 0 Å². The maximum absolute atomic E-state index is 10.5. The molecule has 1 fully saturated rings. The van der Waals surface area contributed by atoms with E-state index in [0.717, 1.165) is 51.4 Å². The van der Waals surface area contributed by atoms with Gasteiger partial charge in [0, 0.05) is 56.0 Å². The first kappa shape index (κ1) is 18.7. The van der Waals surface area contributed by atoms with Crippen LogP contribution < -0.4 is 0 Å². The summed E-state index contributed by atoms with van der Waals surface area (Å²) in [5.74, 6) is 0. The maximum Gasteiger partial charge on any atom is 0.0931 e. The highest BCUT2D eigenvalue weighted by Crippen LogP contribution is 2.24. The summed E-state index contributed by atoms with van der Waals surface area (Å²) >= 11 is 6.19. The number of piperazine rings is 1. The Bertz CT molecular complexity index is 472. The fourth-order valence-electron chi connectivity index (χ4n) is 3.22. The molecule has 0 unspecified atom stereocenters. The van der Waals surface area contributed by atoms with E-state index in [0.29, 0.717) is 17.6 Å². The molecule has 130 valence electrons. The molecule has 0 radical (unpaired) electrons. The number of benzene rings is 1. The molecule has 0 amide bonds. The van der Waals surface area contributed by atoms with E-state index in [2.05, 4.69) is 16.7 Å². The number of hydrogen-bond acceptors (Lipinski definition) is 4. The van der Waals surface area contributed by atoms with E-state index in [9.17, 15) is 5.11 Å². The van der Waals surface area contributed by atoms with Gasteiger partial charge in [-0.25, -0.2) is 0 Å². The second-order valence-electron chi connectivity index (χ2n) is 6.09. The first-order valence-corrected chi connectivity index (χ1v) is 9.00. The minimum atomic E-state index is -0.531. The molecular weight excluding hydrogens is 312 g/mol. The summed E-state index contributed by atoms with van der Waals surface area (Å²) in [5.41, 5.74) is 0.820. The molecule has 1 heterocycles. The van der Waals surface area contributed by atoms with Gasteiger partial charge < -0.3 is 9.84 Å². The van der Waals surface area contributed by atoms with E-state index in [4.69, 9.17) is 16.3 Å². The molecule has 0 saturated carbocycles. The average Bonchev–Trinajstić information content (AvgIpc) is 2.56. The number of ether oxygens (including phenoxy) is 1. The van der Waals surface area contributed by atoms with Gasteiger partial charge in [-0.1, -0.05) is 36.7 Å². The van der Waals surface area contributed by atoms with Gasteiger partial charge in [0.15, 0.2) is 0 Å². The predicted octanol–water partition coefficient (Wildman–Crippen LogP) is 2.81. The molecule has 1 aliphatic rings. The number of nitrogens with zero attached hydrogens (tertiary/aromatic N) is 2. The van der Waals surface area contributed by atoms with Gasteiger partial charge in [0.05, 0.1) is 12.7 Å². The lowest BCUT2D eigenvalue weighted by molar-refractivity contribution is 0.0213. The molecule has 1 aromatic rings. The van der Waals surface area contributed by atoms with Crippen molar-refractivity contribution in [2.24, 2.45) is 0 Å². The van der Waals surface area contributed by atoms with Crippen LogP contribution in [0.5, 0.6) is 0 Å². The van der Waals surface area contributed by atoms with E-state index in [1.165, 1.54) is 0 Å². The zero-order chi connectivity index (χ0) is 16.7. The van der Waals surface area contributed by atoms with Crippen LogP contribution in [0.1, 0.15) is 31.9 Å². The Kier molecular flexibility index (Phi) is 7.80. The molecule has 4 nitrogen and oxygen atoms in total. The lowest BCUT2D eigenvalue weighted by Crippen LogP contribution is -2.54. The molecule has 5 heteroatoms. The minimum absolute atomic E-state index is 0.530. The second kappa shape index (κ2) is 9.60. The fraction of sp³-hybridized carbons (Fsp3) is 0.667. The van der Waals surface area contributed by atoms with Crippen molar-refractivity contribution < 1.29 is 9.84 Å². The number of halogens is 1. The summed E-state index contributed by atoms with van der Waals surface area (Å²) < 4.78 is 5.48. The van der Waals surface area contributed by atoms with Crippen LogP contribution in [-0.4, -0.2) is 66.9 Å². The van der Waals surface area contributed by atoms with Crippen molar-refractivity contribution in [3.05, 3.63) is 34.9 Å². The van der Waals surface area contributed by atoms with Crippen LogP contribution in [0, 0.1) is 0 Å². The average molecular weight is 341 g/mol. The lowest BCUT2D eigenvalue weighted by Gasteiger charge is -2.41. The summed E-state index contributed by atoms with van der Waals surface area (Å²) in [4.78, 5) is 4.85. The largest absolute Gasteiger partial charge is 0.387 e. The highest BCUT2D eigenvalue weighted by atomic mass is 35.5. The third-order valence-electron chi connectivity index (χ3n) is 4.58. The summed E-state index contributed by atoms with van der Waals surface area (Å²) in [5, 5.41) is 11.1. The van der Waals surface area contributed by atoms with Crippen molar-refractivity contribution >= 4 is 11.6 Å². The molecule has 1 N–H and O–H groups in total. The molecule has 2 atom stereocenters. The molecule has 0 aromatic heterocycles. The number of aliphatic hydroxyl groups excluding tert-OH is 1. The summed E-state index contributed by atoms with van der Waals surface area (Å²) in [6.07, 6.45) is 0.585. The molecule has 2 rings (SSSR count). The van der Waals surface area contributed by atoms with Crippen LogP contribution in [0.15, 0.2) is 24.3 Å². The Morgan fingerprint density at radius 1 is 1.30 bits per heavy atom. The molecule has 1 saturated heterocycles. The van der Waals surface area contributed by atoms with Crippen molar-refractivity contribution in [3.63, 3.8) is 0 Å². The Hall–Kier alpha value is -0.650. The molecule has 1 aliphatic heterocycles. The summed E-state index contributed by atoms with van der Waals surface area (Å²) in [7, 11) is 0. The lowest BCUT2D eigenvalue weighted by atomic mass is 10.1. The van der Waals surface area contributed by atoms with Crippen molar-refractivity contribution in [2.75, 3.05) is 45.9 Å². The zero-order valence-corrected chi connectivity index (χ0v) is 15.0. The van der Waals surface area contributed by atoms with E-state index in [1.54, 1.807) is 0 Å². The molecule has 0 bridgehead atoms. The molecule has 23 heavy (non-hydrogen) atoms. The predicted molar refractivity (Wildman–Crippen MR) is 95.0 cm³/mol. The third-order valence-corrected chi connectivity index (χ3v) is 4.93. The van der Waals surface area contributed by atoms with E-state index >= 15 is 0 Å². The Balaban J connectivity index is 1.87. The fourth-order valence-corrected chi connectivity index (χ4v) is 3.48. The highest BCUT2D eigenvalue weighted by Gasteiger charge is 2.27. The minimum Gasteiger partial charge on any atom is -0.387 e. The van der Waals surface area contributed by atoms with Crippen molar-refractivity contribution in [1.82, 2.24) is 9.80 Å². The molecule has 0 aliphatic carbocycles. The zero-order valence-electron chi connectivity index (χ0n) is 14.2. The van der Waals surface area contributed by atoms with Gasteiger partial charge in [-0.05, 0) is 19.4 Å².